The molecule has 0 bridgehead atoms. The van der Waals surface area contributed by atoms with Gasteiger partial charge in [-0.2, -0.15) is 8.42 Å². The summed E-state index contributed by atoms with van der Waals surface area (Å²) >= 11 is 3.20. The summed E-state index contributed by atoms with van der Waals surface area (Å²) in [7, 11) is -2.04. The van der Waals surface area contributed by atoms with Crippen molar-refractivity contribution in [1.29, 1.82) is 0 Å². The average Bonchev–Trinajstić information content (AvgIpc) is 2.64. The molecule has 0 saturated heterocycles. The molecule has 0 radical (unpaired) electrons. The first kappa shape index (κ1) is 13.8. The van der Waals surface area contributed by atoms with E-state index in [1.807, 2.05) is 0 Å². The summed E-state index contributed by atoms with van der Waals surface area (Å²) < 4.78 is 28.7. The van der Waals surface area contributed by atoms with Gasteiger partial charge in [0.15, 0.2) is 10.8 Å². The summed E-state index contributed by atoms with van der Waals surface area (Å²) in [5.41, 5.74) is 5.97. The third-order valence-corrected chi connectivity index (χ3v) is 4.27. The van der Waals surface area contributed by atoms with Crippen LogP contribution in [0.5, 0.6) is 0 Å². The number of pyridine rings is 1. The lowest BCUT2D eigenvalue weighted by Gasteiger charge is -2.07. The third kappa shape index (κ3) is 2.87. The Morgan fingerprint density at radius 1 is 1.47 bits per heavy atom. The van der Waals surface area contributed by atoms with Gasteiger partial charge in [-0.05, 0) is 28.9 Å². The van der Waals surface area contributed by atoms with Crippen LogP contribution in [0.15, 0.2) is 28.0 Å². The maximum atomic E-state index is 12.1. The molecule has 2 aromatic heterocycles. The Hall–Kier alpha value is -1.61. The van der Waals surface area contributed by atoms with Gasteiger partial charge in [0.05, 0.1) is 16.4 Å². The van der Waals surface area contributed by atoms with Crippen LogP contribution in [0.1, 0.15) is 5.82 Å². The fraction of sp³-hybridized carbons (Fsp3) is 0.200. The Morgan fingerprint density at radius 3 is 2.68 bits per heavy atom. The van der Waals surface area contributed by atoms with Gasteiger partial charge >= 0.3 is 0 Å². The molecule has 0 amide bonds. The van der Waals surface area contributed by atoms with E-state index in [4.69, 9.17) is 5.73 Å². The molecular weight excluding hydrogens is 334 g/mol. The Morgan fingerprint density at radius 2 is 2.16 bits per heavy atom. The molecule has 3 N–H and O–H groups in total. The van der Waals surface area contributed by atoms with Gasteiger partial charge in [-0.3, -0.25) is 4.72 Å². The number of nitrogen functional groups attached to an aromatic ring is 1. The minimum Gasteiger partial charge on any atom is -0.397 e. The molecule has 0 fully saturated rings. The lowest BCUT2D eigenvalue weighted by molar-refractivity contribution is 0.597. The zero-order valence-electron chi connectivity index (χ0n) is 10.3. The van der Waals surface area contributed by atoms with E-state index in [1.165, 1.54) is 12.4 Å². The maximum Gasteiger partial charge on any atom is 0.282 e. The number of imidazole rings is 1. The molecule has 0 atom stereocenters. The van der Waals surface area contributed by atoms with Crippen molar-refractivity contribution >= 4 is 37.5 Å². The number of nitrogens with two attached hydrogens (primary N) is 1. The topological polar surface area (TPSA) is 103 Å². The monoisotopic (exact) mass is 345 g/mol. The molecule has 0 saturated carbocycles. The van der Waals surface area contributed by atoms with Crippen LogP contribution in [-0.2, 0) is 17.1 Å². The molecule has 2 heterocycles. The summed E-state index contributed by atoms with van der Waals surface area (Å²) in [5.74, 6) is 0.766. The van der Waals surface area contributed by atoms with Crippen molar-refractivity contribution < 1.29 is 8.42 Å². The van der Waals surface area contributed by atoms with E-state index in [9.17, 15) is 8.42 Å². The van der Waals surface area contributed by atoms with Gasteiger partial charge in [0.2, 0.25) is 0 Å². The summed E-state index contributed by atoms with van der Waals surface area (Å²) in [6.07, 6.45) is 2.80. The summed E-state index contributed by atoms with van der Waals surface area (Å²) in [5, 5.41) is -0.0574. The molecule has 0 unspecified atom stereocenters. The summed E-state index contributed by atoms with van der Waals surface area (Å²) in [4.78, 5) is 7.89. The van der Waals surface area contributed by atoms with Gasteiger partial charge in [0.1, 0.15) is 5.82 Å². The predicted molar refractivity (Wildman–Crippen MR) is 75.1 cm³/mol. The maximum absolute atomic E-state index is 12.1. The minimum atomic E-state index is -3.77. The molecule has 2 rings (SSSR count). The van der Waals surface area contributed by atoms with Crippen molar-refractivity contribution in [3.8, 4) is 0 Å². The normalized spacial score (nSPS) is 11.5. The Labute approximate surface area is 119 Å². The second kappa shape index (κ2) is 4.82. The van der Waals surface area contributed by atoms with Crippen molar-refractivity contribution in [1.82, 2.24) is 14.5 Å². The number of hydrogen-bond donors (Lipinski definition) is 2. The molecule has 0 aliphatic carbocycles. The van der Waals surface area contributed by atoms with E-state index < -0.39 is 10.0 Å². The molecule has 7 nitrogen and oxygen atoms in total. The number of nitrogens with zero attached hydrogens (tertiary/aromatic N) is 3. The lowest BCUT2D eigenvalue weighted by atomic mass is 10.4. The first-order valence-corrected chi connectivity index (χ1v) is 7.51. The molecule has 0 spiro atoms. The van der Waals surface area contributed by atoms with Crippen molar-refractivity contribution in [2.75, 3.05) is 10.5 Å². The molecule has 0 aromatic carbocycles. The standard InChI is InChI=1S/C10H12BrN5O2S/c1-6-14-9(5-16(6)2)19(17,18)15-10-8(11)3-7(12)4-13-10/h3-5H,12H2,1-2H3,(H,13,15). The number of sulfonamides is 1. The Balaban J connectivity index is 2.36. The largest absolute Gasteiger partial charge is 0.397 e. The number of anilines is 2. The Kier molecular flexibility index (Phi) is 3.50. The number of rotatable bonds is 3. The highest BCUT2D eigenvalue weighted by atomic mass is 79.9. The number of nitrogens with one attached hydrogen (secondary N) is 1. The van der Waals surface area contributed by atoms with Crippen molar-refractivity contribution in [2.45, 2.75) is 11.9 Å². The Bertz CT molecular complexity index is 706. The molecule has 102 valence electrons. The zero-order chi connectivity index (χ0) is 14.2. The predicted octanol–water partition coefficient (Wildman–Crippen LogP) is 1.27. The van der Waals surface area contributed by atoms with Crippen molar-refractivity contribution in [3.63, 3.8) is 0 Å². The van der Waals surface area contributed by atoms with Gasteiger partial charge < -0.3 is 10.3 Å². The number of aromatic nitrogens is 3. The highest BCUT2D eigenvalue weighted by Gasteiger charge is 2.20. The highest BCUT2D eigenvalue weighted by molar-refractivity contribution is 9.10. The summed E-state index contributed by atoms with van der Waals surface area (Å²) in [6, 6.07) is 1.56. The minimum absolute atomic E-state index is 0.0574. The second-order valence-corrected chi connectivity index (χ2v) is 6.43. The van der Waals surface area contributed by atoms with E-state index >= 15 is 0 Å². The number of hydrogen-bond acceptors (Lipinski definition) is 5. The number of aryl methyl sites for hydroxylation is 2. The van der Waals surface area contributed by atoms with Gasteiger partial charge in [-0.15, -0.1) is 0 Å². The van der Waals surface area contributed by atoms with Crippen LogP contribution in [0.3, 0.4) is 0 Å². The van der Waals surface area contributed by atoms with Crippen LogP contribution in [0.4, 0.5) is 11.5 Å². The van der Waals surface area contributed by atoms with Gasteiger partial charge in [0.25, 0.3) is 10.0 Å². The van der Waals surface area contributed by atoms with E-state index in [0.717, 1.165) is 0 Å². The quantitative estimate of drug-likeness (QED) is 0.871. The van der Waals surface area contributed by atoms with Crippen LogP contribution in [0.2, 0.25) is 0 Å². The van der Waals surface area contributed by atoms with Gasteiger partial charge in [-0.25, -0.2) is 9.97 Å². The fourth-order valence-corrected chi connectivity index (χ4v) is 3.03. The average molecular weight is 346 g/mol. The summed E-state index contributed by atoms with van der Waals surface area (Å²) in [6.45, 7) is 1.72. The van der Waals surface area contributed by atoms with Crippen LogP contribution < -0.4 is 10.5 Å². The third-order valence-electron chi connectivity index (χ3n) is 2.46. The van der Waals surface area contributed by atoms with E-state index in [-0.39, 0.29) is 10.8 Å². The first-order chi connectivity index (χ1) is 8.79. The molecule has 0 aliphatic heterocycles. The van der Waals surface area contributed by atoms with Crippen LogP contribution in [0.25, 0.3) is 0 Å². The number of halogens is 1. The van der Waals surface area contributed by atoms with Crippen molar-refractivity contribution in [3.05, 3.63) is 28.8 Å². The molecular formula is C10H12BrN5O2S. The van der Waals surface area contributed by atoms with Gasteiger partial charge in [0, 0.05) is 13.2 Å². The van der Waals surface area contributed by atoms with Crippen molar-refractivity contribution in [2.24, 2.45) is 7.05 Å². The smallest absolute Gasteiger partial charge is 0.282 e. The highest BCUT2D eigenvalue weighted by Crippen LogP contribution is 2.24. The lowest BCUT2D eigenvalue weighted by Crippen LogP contribution is -2.15. The SMILES string of the molecule is Cc1nc(S(=O)(=O)Nc2ncc(N)cc2Br)cn1C. The molecule has 2 aromatic rings. The zero-order valence-corrected chi connectivity index (χ0v) is 12.7. The first-order valence-electron chi connectivity index (χ1n) is 5.23. The molecule has 0 aliphatic rings. The van der Waals surface area contributed by atoms with Gasteiger partial charge in [-0.1, -0.05) is 0 Å². The molecule has 19 heavy (non-hydrogen) atoms. The second-order valence-electron chi connectivity index (χ2n) is 3.94. The van der Waals surface area contributed by atoms with Crippen LogP contribution in [-0.4, -0.2) is 23.0 Å². The fourth-order valence-electron chi connectivity index (χ4n) is 1.36. The van der Waals surface area contributed by atoms with E-state index in [0.29, 0.717) is 16.0 Å². The van der Waals surface area contributed by atoms with E-state index in [1.54, 1.807) is 24.6 Å². The molecule has 9 heteroatoms. The van der Waals surface area contributed by atoms with Crippen LogP contribution >= 0.6 is 15.9 Å². The van der Waals surface area contributed by atoms with Crippen LogP contribution in [0, 0.1) is 6.92 Å². The van der Waals surface area contributed by atoms with E-state index in [2.05, 4.69) is 30.6 Å².